The molecule has 3 rings (SSSR count). The molecular formula is C20H19N3O4S. The number of ether oxygens (including phenoxy) is 1. The Hall–Kier alpha value is -3.39. The van der Waals surface area contributed by atoms with E-state index in [0.717, 1.165) is 5.56 Å². The molecule has 144 valence electrons. The van der Waals surface area contributed by atoms with Crippen LogP contribution in [0.2, 0.25) is 0 Å². The van der Waals surface area contributed by atoms with E-state index < -0.39 is 15.9 Å². The van der Waals surface area contributed by atoms with E-state index in [2.05, 4.69) is 15.6 Å². The third-order valence-electron chi connectivity index (χ3n) is 3.95. The van der Waals surface area contributed by atoms with E-state index in [0.29, 0.717) is 18.0 Å². The molecule has 3 aromatic rings. The Balaban J connectivity index is 1.66. The van der Waals surface area contributed by atoms with E-state index in [1.165, 1.54) is 43.5 Å². The molecule has 2 N–H and O–H groups in total. The quantitative estimate of drug-likeness (QED) is 0.665. The molecule has 0 fully saturated rings. The molecule has 0 bridgehead atoms. The largest absolute Gasteiger partial charge is 0.497 e. The minimum atomic E-state index is -3.68. The zero-order valence-corrected chi connectivity index (χ0v) is 15.9. The molecule has 28 heavy (non-hydrogen) atoms. The third kappa shape index (κ3) is 4.66. The van der Waals surface area contributed by atoms with Crippen LogP contribution in [0.15, 0.2) is 82.8 Å². The van der Waals surface area contributed by atoms with Crippen molar-refractivity contribution in [3.8, 4) is 5.75 Å². The van der Waals surface area contributed by atoms with Gasteiger partial charge in [-0.1, -0.05) is 12.1 Å². The summed E-state index contributed by atoms with van der Waals surface area (Å²) < 4.78 is 30.5. The maximum Gasteiger partial charge on any atom is 0.319 e. The average Bonchev–Trinajstić information content (AvgIpc) is 2.73. The highest BCUT2D eigenvalue weighted by molar-refractivity contribution is 7.91. The van der Waals surface area contributed by atoms with E-state index in [9.17, 15) is 13.2 Å². The first-order valence-corrected chi connectivity index (χ1v) is 9.90. The van der Waals surface area contributed by atoms with E-state index in [1.807, 2.05) is 6.07 Å². The number of rotatable bonds is 6. The molecule has 8 heteroatoms. The third-order valence-corrected chi connectivity index (χ3v) is 5.72. The summed E-state index contributed by atoms with van der Waals surface area (Å²) in [6.07, 6.45) is 3.32. The first-order valence-electron chi connectivity index (χ1n) is 8.42. The first-order chi connectivity index (χ1) is 13.5. The van der Waals surface area contributed by atoms with Gasteiger partial charge in [-0.25, -0.2) is 13.2 Å². The maximum absolute atomic E-state index is 12.7. The molecule has 0 aliphatic rings. The minimum Gasteiger partial charge on any atom is -0.497 e. The smallest absolute Gasteiger partial charge is 0.319 e. The predicted octanol–water partition coefficient (Wildman–Crippen LogP) is 3.24. The topological polar surface area (TPSA) is 97.4 Å². The van der Waals surface area contributed by atoms with Crippen molar-refractivity contribution in [1.82, 2.24) is 10.3 Å². The van der Waals surface area contributed by atoms with Gasteiger partial charge in [0, 0.05) is 24.6 Å². The lowest BCUT2D eigenvalue weighted by atomic mass is 10.3. The van der Waals surface area contributed by atoms with Gasteiger partial charge in [0.1, 0.15) is 5.75 Å². The SMILES string of the molecule is COc1cccc(S(=O)(=O)c2ccc(NC(=O)NCc3cccnc3)cc2)c1. The Morgan fingerprint density at radius 3 is 2.50 bits per heavy atom. The number of hydrogen-bond acceptors (Lipinski definition) is 5. The average molecular weight is 397 g/mol. The second-order valence-corrected chi connectivity index (χ2v) is 7.83. The molecule has 2 aromatic carbocycles. The molecule has 1 aromatic heterocycles. The van der Waals surface area contributed by atoms with Gasteiger partial charge >= 0.3 is 6.03 Å². The van der Waals surface area contributed by atoms with Gasteiger partial charge in [-0.05, 0) is 54.1 Å². The van der Waals surface area contributed by atoms with Crippen LogP contribution < -0.4 is 15.4 Å². The fourth-order valence-corrected chi connectivity index (χ4v) is 3.78. The summed E-state index contributed by atoms with van der Waals surface area (Å²) in [5.74, 6) is 0.463. The second-order valence-electron chi connectivity index (χ2n) is 5.88. The number of pyridine rings is 1. The molecule has 7 nitrogen and oxygen atoms in total. The number of nitrogens with one attached hydrogen (secondary N) is 2. The number of amides is 2. The van der Waals surface area contributed by atoms with E-state index in [4.69, 9.17) is 4.74 Å². The minimum absolute atomic E-state index is 0.127. The normalized spacial score (nSPS) is 10.9. The summed E-state index contributed by atoms with van der Waals surface area (Å²) in [7, 11) is -2.20. The van der Waals surface area contributed by atoms with Gasteiger partial charge in [-0.2, -0.15) is 0 Å². The van der Waals surface area contributed by atoms with Gasteiger partial charge in [-0.3, -0.25) is 4.98 Å². The van der Waals surface area contributed by atoms with Crippen LogP contribution in [0.1, 0.15) is 5.56 Å². The van der Waals surface area contributed by atoms with Crippen LogP contribution in [0.3, 0.4) is 0 Å². The number of carbonyl (C=O) groups excluding carboxylic acids is 1. The summed E-state index contributed by atoms with van der Waals surface area (Å²) in [6.45, 7) is 0.335. The molecule has 0 atom stereocenters. The Morgan fingerprint density at radius 2 is 1.82 bits per heavy atom. The summed E-state index contributed by atoms with van der Waals surface area (Å²) in [5.41, 5.74) is 1.35. The van der Waals surface area contributed by atoms with E-state index in [-0.39, 0.29) is 9.79 Å². The highest BCUT2D eigenvalue weighted by Gasteiger charge is 2.18. The standard InChI is InChI=1S/C20H19N3O4S/c1-27-17-5-2-6-19(12-17)28(25,26)18-9-7-16(8-10-18)23-20(24)22-14-15-4-3-11-21-13-15/h2-13H,14H2,1H3,(H2,22,23,24). The molecule has 0 saturated carbocycles. The number of benzene rings is 2. The Labute approximate surface area is 163 Å². The zero-order chi connectivity index (χ0) is 20.0. The van der Waals surface area contributed by atoms with Crippen molar-refractivity contribution < 1.29 is 17.9 Å². The van der Waals surface area contributed by atoms with Gasteiger partial charge < -0.3 is 15.4 Å². The molecule has 2 amide bonds. The van der Waals surface area contributed by atoms with Crippen molar-refractivity contribution in [2.24, 2.45) is 0 Å². The van der Waals surface area contributed by atoms with Gasteiger partial charge in [-0.15, -0.1) is 0 Å². The number of carbonyl (C=O) groups is 1. The number of methoxy groups -OCH3 is 1. The summed E-state index contributed by atoms with van der Waals surface area (Å²) in [6, 6.07) is 15.5. The van der Waals surface area contributed by atoms with Crippen LogP contribution >= 0.6 is 0 Å². The van der Waals surface area contributed by atoms with Crippen LogP contribution in [0.4, 0.5) is 10.5 Å². The highest BCUT2D eigenvalue weighted by Crippen LogP contribution is 2.25. The van der Waals surface area contributed by atoms with E-state index in [1.54, 1.807) is 30.6 Å². The Bertz CT molecular complexity index is 1050. The van der Waals surface area contributed by atoms with Crippen molar-refractivity contribution in [1.29, 1.82) is 0 Å². The fraction of sp³-hybridized carbons (Fsp3) is 0.100. The lowest BCUT2D eigenvalue weighted by molar-refractivity contribution is 0.251. The van der Waals surface area contributed by atoms with Crippen LogP contribution in [0.25, 0.3) is 0 Å². The molecule has 1 heterocycles. The predicted molar refractivity (Wildman–Crippen MR) is 105 cm³/mol. The Kier molecular flexibility index (Phi) is 5.90. The van der Waals surface area contributed by atoms with Crippen LogP contribution in [0.5, 0.6) is 5.75 Å². The van der Waals surface area contributed by atoms with Crippen LogP contribution in [-0.2, 0) is 16.4 Å². The lowest BCUT2D eigenvalue weighted by Crippen LogP contribution is -2.28. The van der Waals surface area contributed by atoms with Gasteiger partial charge in [0.25, 0.3) is 0 Å². The van der Waals surface area contributed by atoms with Crippen LogP contribution in [-0.4, -0.2) is 26.5 Å². The van der Waals surface area contributed by atoms with Gasteiger partial charge in [0.05, 0.1) is 16.9 Å². The number of aromatic nitrogens is 1. The number of sulfone groups is 1. The molecule has 0 unspecified atom stereocenters. The lowest BCUT2D eigenvalue weighted by Gasteiger charge is -2.09. The highest BCUT2D eigenvalue weighted by atomic mass is 32.2. The van der Waals surface area contributed by atoms with Crippen molar-refractivity contribution in [3.63, 3.8) is 0 Å². The van der Waals surface area contributed by atoms with Crippen LogP contribution in [0, 0.1) is 0 Å². The first kappa shape index (κ1) is 19.4. The van der Waals surface area contributed by atoms with Crippen molar-refractivity contribution in [3.05, 3.63) is 78.6 Å². The molecule has 0 aliphatic carbocycles. The number of urea groups is 1. The van der Waals surface area contributed by atoms with Crippen molar-refractivity contribution in [2.75, 3.05) is 12.4 Å². The fourth-order valence-electron chi connectivity index (χ4n) is 2.48. The van der Waals surface area contributed by atoms with E-state index >= 15 is 0 Å². The van der Waals surface area contributed by atoms with Crippen molar-refractivity contribution in [2.45, 2.75) is 16.3 Å². The second kappa shape index (κ2) is 8.53. The van der Waals surface area contributed by atoms with Gasteiger partial charge in [0.2, 0.25) is 9.84 Å². The number of anilines is 1. The van der Waals surface area contributed by atoms with Gasteiger partial charge in [0.15, 0.2) is 0 Å². The molecular weight excluding hydrogens is 378 g/mol. The summed E-state index contributed by atoms with van der Waals surface area (Å²) >= 11 is 0. The summed E-state index contributed by atoms with van der Waals surface area (Å²) in [5, 5.41) is 5.37. The zero-order valence-electron chi connectivity index (χ0n) is 15.1. The molecule has 0 spiro atoms. The number of nitrogens with zero attached hydrogens (tertiary/aromatic N) is 1. The Morgan fingerprint density at radius 1 is 1.04 bits per heavy atom. The number of hydrogen-bond donors (Lipinski definition) is 2. The molecule has 0 saturated heterocycles. The van der Waals surface area contributed by atoms with Crippen molar-refractivity contribution >= 4 is 21.6 Å². The summed E-state index contributed by atoms with van der Waals surface area (Å²) in [4.78, 5) is 16.2. The molecule has 0 radical (unpaired) electrons. The maximum atomic E-state index is 12.7. The monoisotopic (exact) mass is 397 g/mol. The molecule has 0 aliphatic heterocycles.